The summed E-state index contributed by atoms with van der Waals surface area (Å²) in [6, 6.07) is 4.06. The molecule has 1 aliphatic carbocycles. The van der Waals surface area contributed by atoms with Crippen molar-refractivity contribution < 1.29 is 35.5 Å². The molecule has 2 radical (unpaired) electrons. The van der Waals surface area contributed by atoms with E-state index in [4.69, 9.17) is 5.73 Å². The Hall–Kier alpha value is -0.120. The van der Waals surface area contributed by atoms with Gasteiger partial charge in [0.1, 0.15) is 9.79 Å². The molecule has 3 rings (SSSR count). The van der Waals surface area contributed by atoms with Crippen molar-refractivity contribution in [2.45, 2.75) is 9.79 Å². The largest absolute Gasteiger partial charge is 0.397 e. The van der Waals surface area contributed by atoms with Crippen LogP contribution in [-0.2, 0) is 20.2 Å². The van der Waals surface area contributed by atoms with Crippen LogP contribution in [0.15, 0.2) is 38.5 Å². The van der Waals surface area contributed by atoms with E-state index in [2.05, 4.69) is 15.9 Å². The number of benzene rings is 2. The fraction of sp³-hybridized carbons (Fsp3) is 0. The Morgan fingerprint density at radius 3 is 1.86 bits per heavy atom. The Morgan fingerprint density at radius 2 is 1.36 bits per heavy atom. The maximum Gasteiger partial charge on any atom is 0.296 e. The van der Waals surface area contributed by atoms with Gasteiger partial charge >= 0.3 is 0 Å². The molecular formula is C14H8BrNNa2O8S2. The number of hydrogen-bond acceptors (Lipinski definition) is 7. The van der Waals surface area contributed by atoms with E-state index in [-0.39, 0.29) is 74.7 Å². The normalized spacial score (nSPS) is 13.1. The maximum atomic E-state index is 12.8. The zero-order valence-electron chi connectivity index (χ0n) is 14.4. The van der Waals surface area contributed by atoms with Gasteiger partial charge in [-0.1, -0.05) is 12.1 Å². The van der Waals surface area contributed by atoms with Crippen molar-refractivity contribution in [3.8, 4) is 0 Å². The Labute approximate surface area is 212 Å². The van der Waals surface area contributed by atoms with Gasteiger partial charge in [-0.25, -0.2) is 0 Å². The van der Waals surface area contributed by atoms with E-state index in [1.54, 1.807) is 0 Å². The number of anilines is 1. The Balaban J connectivity index is 0.00000196. The molecule has 2 aromatic rings. The zero-order valence-corrected chi connectivity index (χ0v) is 21.6. The number of carbonyl (C=O) groups is 2. The van der Waals surface area contributed by atoms with Crippen molar-refractivity contribution in [3.05, 3.63) is 51.0 Å². The van der Waals surface area contributed by atoms with Crippen LogP contribution in [0.25, 0.3) is 0 Å². The molecule has 0 saturated heterocycles. The molecule has 0 aliphatic heterocycles. The second-order valence-electron chi connectivity index (χ2n) is 5.31. The van der Waals surface area contributed by atoms with Crippen LogP contribution in [0.5, 0.6) is 0 Å². The van der Waals surface area contributed by atoms with E-state index in [0.717, 1.165) is 24.3 Å². The molecule has 28 heavy (non-hydrogen) atoms. The van der Waals surface area contributed by atoms with E-state index < -0.39 is 58.4 Å². The van der Waals surface area contributed by atoms with Crippen LogP contribution in [0.1, 0.15) is 31.8 Å². The Kier molecular flexibility index (Phi) is 7.92. The number of carbonyl (C=O) groups excluding carboxylic acids is 2. The summed E-state index contributed by atoms with van der Waals surface area (Å²) < 4.78 is 64.4. The van der Waals surface area contributed by atoms with Crippen molar-refractivity contribution in [2.24, 2.45) is 0 Å². The minimum absolute atomic E-state index is 0. The summed E-state index contributed by atoms with van der Waals surface area (Å²) in [5.41, 5.74) is 3.26. The minimum atomic E-state index is -4.81. The molecule has 0 atom stereocenters. The molecule has 138 valence electrons. The van der Waals surface area contributed by atoms with Crippen molar-refractivity contribution in [2.75, 3.05) is 5.73 Å². The molecule has 0 spiro atoms. The van der Waals surface area contributed by atoms with Gasteiger partial charge < -0.3 is 5.73 Å². The van der Waals surface area contributed by atoms with Gasteiger partial charge in [0.2, 0.25) is 0 Å². The number of nitrogen functional groups attached to an aromatic ring is 1. The summed E-state index contributed by atoms with van der Waals surface area (Å²) in [5.74, 6) is -1.88. The standard InChI is InChI=1S/C14H8BrNO8S2.2Na/c15-6-4-8(26(22,23)24)12(16)11-10(6)14(18)9-5(13(11)17)2-1-3-7(9)25(19,20)21;;/h1-4H,16H2,(H,19,20,21)(H,22,23,24);;. The number of nitrogens with two attached hydrogens (primary N) is 1. The van der Waals surface area contributed by atoms with Crippen LogP contribution in [-0.4, -0.2) is 96.6 Å². The van der Waals surface area contributed by atoms with Gasteiger partial charge in [0, 0.05) is 69.2 Å². The number of fused-ring (bicyclic) bond motifs is 2. The van der Waals surface area contributed by atoms with E-state index in [9.17, 15) is 35.5 Å². The average Bonchev–Trinajstić information content (AvgIpc) is 2.51. The number of rotatable bonds is 2. The van der Waals surface area contributed by atoms with E-state index in [1.165, 1.54) is 0 Å². The molecule has 0 unspecified atom stereocenters. The summed E-state index contributed by atoms with van der Waals surface area (Å²) in [5, 5.41) is 0. The third kappa shape index (κ3) is 4.18. The van der Waals surface area contributed by atoms with Crippen LogP contribution in [0.3, 0.4) is 0 Å². The summed E-state index contributed by atoms with van der Waals surface area (Å²) >= 11 is 2.94. The van der Waals surface area contributed by atoms with Gasteiger partial charge in [-0.2, -0.15) is 16.8 Å². The van der Waals surface area contributed by atoms with E-state index in [0.29, 0.717) is 0 Å². The molecule has 14 heteroatoms. The molecule has 9 nitrogen and oxygen atoms in total. The fourth-order valence-electron chi connectivity index (χ4n) is 2.74. The maximum absolute atomic E-state index is 12.8. The van der Waals surface area contributed by atoms with Gasteiger partial charge in [0.25, 0.3) is 20.2 Å². The summed E-state index contributed by atoms with van der Waals surface area (Å²) in [6.07, 6.45) is 0. The van der Waals surface area contributed by atoms with Crippen molar-refractivity contribution in [1.29, 1.82) is 0 Å². The van der Waals surface area contributed by atoms with Crippen LogP contribution in [0, 0.1) is 0 Å². The molecule has 0 heterocycles. The van der Waals surface area contributed by atoms with Gasteiger partial charge in [-0.3, -0.25) is 18.7 Å². The molecule has 1 aliphatic rings. The van der Waals surface area contributed by atoms with Gasteiger partial charge in [0.05, 0.1) is 22.4 Å². The smallest absolute Gasteiger partial charge is 0.296 e. The van der Waals surface area contributed by atoms with Gasteiger partial charge in [-0.05, 0) is 28.1 Å². The second kappa shape index (κ2) is 8.55. The predicted octanol–water partition coefficient (Wildman–Crippen LogP) is 0.539. The van der Waals surface area contributed by atoms with Crippen LogP contribution in [0.2, 0.25) is 0 Å². The molecule has 0 aromatic heterocycles. The first kappa shape index (κ1) is 25.9. The van der Waals surface area contributed by atoms with Gasteiger partial charge in [-0.15, -0.1) is 0 Å². The molecular weight excluding hydrogens is 500 g/mol. The second-order valence-corrected chi connectivity index (χ2v) is 8.94. The Morgan fingerprint density at radius 1 is 0.821 bits per heavy atom. The first-order chi connectivity index (χ1) is 11.9. The Bertz CT molecular complexity index is 1240. The van der Waals surface area contributed by atoms with Crippen molar-refractivity contribution in [1.82, 2.24) is 0 Å². The molecule has 4 N–H and O–H groups in total. The van der Waals surface area contributed by atoms with Crippen LogP contribution < -0.4 is 5.73 Å². The van der Waals surface area contributed by atoms with E-state index >= 15 is 0 Å². The third-order valence-corrected chi connectivity index (χ3v) is 6.20. The number of ketones is 2. The van der Waals surface area contributed by atoms with Crippen molar-refractivity contribution >= 4 is 113 Å². The summed E-state index contributed by atoms with van der Waals surface area (Å²) in [7, 11) is -9.61. The first-order valence-corrected chi connectivity index (χ1v) is 10.3. The van der Waals surface area contributed by atoms with Gasteiger partial charge in [0.15, 0.2) is 11.6 Å². The predicted molar refractivity (Wildman–Crippen MR) is 103 cm³/mol. The third-order valence-electron chi connectivity index (χ3n) is 3.79. The van der Waals surface area contributed by atoms with Crippen LogP contribution in [0.4, 0.5) is 5.69 Å². The average molecular weight is 508 g/mol. The first-order valence-electron chi connectivity index (χ1n) is 6.65. The summed E-state index contributed by atoms with van der Waals surface area (Å²) in [4.78, 5) is 24.1. The molecule has 0 amide bonds. The van der Waals surface area contributed by atoms with E-state index in [1.807, 2.05) is 0 Å². The number of halogens is 1. The number of hydrogen-bond donors (Lipinski definition) is 3. The van der Waals surface area contributed by atoms with Crippen molar-refractivity contribution in [3.63, 3.8) is 0 Å². The summed E-state index contributed by atoms with van der Waals surface area (Å²) in [6.45, 7) is 0. The SMILES string of the molecule is Nc1c(S(=O)(=O)O)cc(Br)c2c1C(=O)c1cccc(S(=O)(=O)O)c1C2=O.[Na].[Na]. The molecule has 2 aromatic carbocycles. The zero-order chi connectivity index (χ0) is 19.6. The quantitative estimate of drug-likeness (QED) is 0.254. The topological polar surface area (TPSA) is 169 Å². The van der Waals surface area contributed by atoms with Crippen LogP contribution >= 0.6 is 15.9 Å². The monoisotopic (exact) mass is 507 g/mol. The molecule has 0 bridgehead atoms. The molecule has 0 fully saturated rings. The fourth-order valence-corrected chi connectivity index (χ4v) is 4.86. The minimum Gasteiger partial charge on any atom is -0.397 e. The molecule has 0 saturated carbocycles.